The smallest absolute Gasteiger partial charge is 0.254 e. The van der Waals surface area contributed by atoms with Crippen molar-refractivity contribution in [3.8, 4) is 5.75 Å². The molecule has 0 saturated carbocycles. The number of benzene rings is 1. The predicted octanol–water partition coefficient (Wildman–Crippen LogP) is 2.16. The van der Waals surface area contributed by atoms with Gasteiger partial charge < -0.3 is 15.0 Å². The number of aromatic nitrogens is 2. The van der Waals surface area contributed by atoms with Crippen molar-refractivity contribution in [2.24, 2.45) is 7.05 Å². The van der Waals surface area contributed by atoms with E-state index in [2.05, 4.69) is 10.4 Å². The molecule has 7 nitrogen and oxygen atoms in total. The molecule has 0 aliphatic carbocycles. The number of amides is 2. The third-order valence-electron chi connectivity index (χ3n) is 4.81. The zero-order valence-corrected chi connectivity index (χ0v) is 16.1. The Bertz CT molecular complexity index is 822. The van der Waals surface area contributed by atoms with Gasteiger partial charge in [-0.15, -0.1) is 0 Å². The number of aryl methyl sites for hydroxylation is 2. The lowest BCUT2D eigenvalue weighted by Crippen LogP contribution is -2.46. The Balaban J connectivity index is 1.54. The first-order valence-electron chi connectivity index (χ1n) is 9.30. The standard InChI is InChI=1S/C20H26N4O3/c1-4-27-18-6-5-15(11-14(18)2)20(26)24-9-7-17(8-10-24)22-19(25)16-12-21-23(3)13-16/h5-6,11-13,17H,4,7-10H2,1-3H3,(H,22,25). The van der Waals surface area contributed by atoms with E-state index in [1.165, 1.54) is 0 Å². The van der Waals surface area contributed by atoms with E-state index in [1.807, 2.05) is 36.9 Å². The van der Waals surface area contributed by atoms with Gasteiger partial charge in [-0.3, -0.25) is 14.3 Å². The van der Waals surface area contributed by atoms with E-state index >= 15 is 0 Å². The maximum atomic E-state index is 12.8. The molecule has 2 amide bonds. The summed E-state index contributed by atoms with van der Waals surface area (Å²) in [5.41, 5.74) is 2.19. The lowest BCUT2D eigenvalue weighted by Gasteiger charge is -2.32. The Kier molecular flexibility index (Phi) is 5.78. The zero-order valence-electron chi connectivity index (χ0n) is 16.1. The lowest BCUT2D eigenvalue weighted by molar-refractivity contribution is 0.0698. The highest BCUT2D eigenvalue weighted by Crippen LogP contribution is 2.21. The third-order valence-corrected chi connectivity index (χ3v) is 4.81. The van der Waals surface area contributed by atoms with Crippen LogP contribution in [0.1, 0.15) is 46.0 Å². The summed E-state index contributed by atoms with van der Waals surface area (Å²) in [4.78, 5) is 26.8. The molecule has 0 spiro atoms. The number of carbonyl (C=O) groups is 2. The molecule has 1 aromatic carbocycles. The predicted molar refractivity (Wildman–Crippen MR) is 102 cm³/mol. The molecule has 0 bridgehead atoms. The summed E-state index contributed by atoms with van der Waals surface area (Å²) >= 11 is 0. The number of carbonyl (C=O) groups excluding carboxylic acids is 2. The Morgan fingerprint density at radius 3 is 2.59 bits per heavy atom. The first kappa shape index (κ1) is 18.9. The van der Waals surface area contributed by atoms with Gasteiger partial charge in [-0.25, -0.2) is 0 Å². The van der Waals surface area contributed by atoms with Gasteiger partial charge in [0.2, 0.25) is 0 Å². The summed E-state index contributed by atoms with van der Waals surface area (Å²) in [6.45, 7) is 5.75. The largest absolute Gasteiger partial charge is 0.494 e. The van der Waals surface area contributed by atoms with Crippen LogP contribution in [0.15, 0.2) is 30.6 Å². The van der Waals surface area contributed by atoms with E-state index in [-0.39, 0.29) is 17.9 Å². The number of piperidine rings is 1. The maximum absolute atomic E-state index is 12.8. The highest BCUT2D eigenvalue weighted by Gasteiger charge is 2.25. The van der Waals surface area contributed by atoms with Gasteiger partial charge in [-0.2, -0.15) is 5.10 Å². The van der Waals surface area contributed by atoms with Crippen molar-refractivity contribution in [2.75, 3.05) is 19.7 Å². The SMILES string of the molecule is CCOc1ccc(C(=O)N2CCC(NC(=O)c3cnn(C)c3)CC2)cc1C. The van der Waals surface area contributed by atoms with Crippen molar-refractivity contribution in [2.45, 2.75) is 32.7 Å². The number of likely N-dealkylation sites (tertiary alicyclic amines) is 1. The van der Waals surface area contributed by atoms with Crippen molar-refractivity contribution < 1.29 is 14.3 Å². The van der Waals surface area contributed by atoms with Crippen LogP contribution in [0.2, 0.25) is 0 Å². The van der Waals surface area contributed by atoms with Gasteiger partial charge in [0.25, 0.3) is 11.8 Å². The highest BCUT2D eigenvalue weighted by molar-refractivity contribution is 5.95. The summed E-state index contributed by atoms with van der Waals surface area (Å²) in [5.74, 6) is 0.721. The number of nitrogens with one attached hydrogen (secondary N) is 1. The van der Waals surface area contributed by atoms with Gasteiger partial charge in [0.1, 0.15) is 5.75 Å². The summed E-state index contributed by atoms with van der Waals surface area (Å²) in [6.07, 6.45) is 4.74. The van der Waals surface area contributed by atoms with Crippen molar-refractivity contribution in [3.63, 3.8) is 0 Å². The average molecular weight is 370 g/mol. The maximum Gasteiger partial charge on any atom is 0.254 e. The number of ether oxygens (including phenoxy) is 1. The molecule has 3 rings (SSSR count). The fraction of sp³-hybridized carbons (Fsp3) is 0.450. The minimum atomic E-state index is -0.116. The highest BCUT2D eigenvalue weighted by atomic mass is 16.5. The molecular weight excluding hydrogens is 344 g/mol. The fourth-order valence-corrected chi connectivity index (χ4v) is 3.32. The van der Waals surface area contributed by atoms with Crippen molar-refractivity contribution in [3.05, 3.63) is 47.3 Å². The third kappa shape index (κ3) is 4.48. The van der Waals surface area contributed by atoms with Gasteiger partial charge in [-0.05, 0) is 50.5 Å². The minimum absolute atomic E-state index is 0.0261. The molecule has 1 aliphatic rings. The van der Waals surface area contributed by atoms with E-state index in [1.54, 1.807) is 24.1 Å². The molecule has 2 aromatic rings. The molecule has 1 saturated heterocycles. The lowest BCUT2D eigenvalue weighted by atomic mass is 10.0. The molecule has 1 aliphatic heterocycles. The number of nitrogens with zero attached hydrogens (tertiary/aromatic N) is 3. The average Bonchev–Trinajstić information content (AvgIpc) is 3.10. The molecule has 7 heteroatoms. The van der Waals surface area contributed by atoms with Gasteiger partial charge >= 0.3 is 0 Å². The monoisotopic (exact) mass is 370 g/mol. The van der Waals surface area contributed by atoms with E-state index in [4.69, 9.17) is 4.74 Å². The van der Waals surface area contributed by atoms with Gasteiger partial charge in [0.15, 0.2) is 0 Å². The Labute approximate surface area is 159 Å². The van der Waals surface area contributed by atoms with E-state index < -0.39 is 0 Å². The first-order valence-corrected chi connectivity index (χ1v) is 9.30. The van der Waals surface area contributed by atoms with Crippen LogP contribution in [0.4, 0.5) is 0 Å². The Morgan fingerprint density at radius 2 is 2.00 bits per heavy atom. The summed E-state index contributed by atoms with van der Waals surface area (Å²) in [7, 11) is 1.78. The van der Waals surface area contributed by atoms with Crippen molar-refractivity contribution >= 4 is 11.8 Å². The number of hydrogen-bond donors (Lipinski definition) is 1. The van der Waals surface area contributed by atoms with Crippen LogP contribution in [0.5, 0.6) is 5.75 Å². The van der Waals surface area contributed by atoms with Crippen LogP contribution >= 0.6 is 0 Å². The first-order chi connectivity index (χ1) is 13.0. The molecule has 2 heterocycles. The van der Waals surface area contributed by atoms with Crippen LogP contribution in [-0.4, -0.2) is 52.2 Å². The Hall–Kier alpha value is -2.83. The summed E-state index contributed by atoms with van der Waals surface area (Å²) < 4.78 is 7.14. The van der Waals surface area contributed by atoms with Crippen LogP contribution in [-0.2, 0) is 7.05 Å². The normalized spacial score (nSPS) is 14.9. The van der Waals surface area contributed by atoms with E-state index in [0.29, 0.717) is 30.8 Å². The molecule has 27 heavy (non-hydrogen) atoms. The van der Waals surface area contributed by atoms with Crippen molar-refractivity contribution in [1.29, 1.82) is 0 Å². The minimum Gasteiger partial charge on any atom is -0.494 e. The molecule has 0 radical (unpaired) electrons. The van der Waals surface area contributed by atoms with Crippen LogP contribution < -0.4 is 10.1 Å². The molecule has 1 N–H and O–H groups in total. The second kappa shape index (κ2) is 8.24. The zero-order chi connectivity index (χ0) is 19.4. The second-order valence-electron chi connectivity index (χ2n) is 6.86. The molecule has 0 atom stereocenters. The molecule has 1 fully saturated rings. The summed E-state index contributed by atoms with van der Waals surface area (Å²) in [5, 5.41) is 7.05. The quantitative estimate of drug-likeness (QED) is 0.875. The van der Waals surface area contributed by atoms with E-state index in [0.717, 1.165) is 24.2 Å². The van der Waals surface area contributed by atoms with Crippen molar-refractivity contribution in [1.82, 2.24) is 20.0 Å². The second-order valence-corrected chi connectivity index (χ2v) is 6.86. The molecule has 0 unspecified atom stereocenters. The topological polar surface area (TPSA) is 76.5 Å². The van der Waals surface area contributed by atoms with Crippen LogP contribution in [0.25, 0.3) is 0 Å². The van der Waals surface area contributed by atoms with Gasteiger partial charge in [0.05, 0.1) is 18.4 Å². The molecule has 1 aromatic heterocycles. The number of hydrogen-bond acceptors (Lipinski definition) is 4. The van der Waals surface area contributed by atoms with Gasteiger partial charge in [-0.1, -0.05) is 0 Å². The van der Waals surface area contributed by atoms with Crippen LogP contribution in [0, 0.1) is 6.92 Å². The van der Waals surface area contributed by atoms with E-state index in [9.17, 15) is 9.59 Å². The number of rotatable bonds is 5. The Morgan fingerprint density at radius 1 is 1.26 bits per heavy atom. The molecule has 144 valence electrons. The van der Waals surface area contributed by atoms with Crippen LogP contribution in [0.3, 0.4) is 0 Å². The fourth-order valence-electron chi connectivity index (χ4n) is 3.32. The summed E-state index contributed by atoms with van der Waals surface area (Å²) in [6, 6.07) is 5.62. The van der Waals surface area contributed by atoms with Gasteiger partial charge in [0, 0.05) is 37.9 Å². The molecular formula is C20H26N4O3.